The molecule has 1 aromatic heterocycles. The van der Waals surface area contributed by atoms with Gasteiger partial charge in [-0.2, -0.15) is 5.10 Å². The number of anilines is 1. The maximum atomic E-state index is 12.7. The quantitative estimate of drug-likeness (QED) is 0.898. The van der Waals surface area contributed by atoms with Gasteiger partial charge in [-0.1, -0.05) is 13.8 Å². The number of rotatable bonds is 3. The van der Waals surface area contributed by atoms with Crippen molar-refractivity contribution in [2.75, 3.05) is 25.9 Å². The van der Waals surface area contributed by atoms with E-state index >= 15 is 0 Å². The highest BCUT2D eigenvalue weighted by Crippen LogP contribution is 2.24. The molecule has 2 rings (SSSR count). The molecule has 1 aromatic rings. The first-order valence-corrected chi connectivity index (χ1v) is 7.13. The second-order valence-electron chi connectivity index (χ2n) is 5.48. The van der Waals surface area contributed by atoms with Gasteiger partial charge in [-0.15, -0.1) is 0 Å². The summed E-state index contributed by atoms with van der Waals surface area (Å²) in [6.45, 7) is 5.49. The van der Waals surface area contributed by atoms with Crippen LogP contribution in [0.2, 0.25) is 0 Å². The Bertz CT molecular complexity index is 498. The molecular formula is C14H24N4O2. The van der Waals surface area contributed by atoms with Crippen LogP contribution in [0.25, 0.3) is 0 Å². The van der Waals surface area contributed by atoms with Crippen molar-refractivity contribution in [1.82, 2.24) is 14.7 Å². The van der Waals surface area contributed by atoms with E-state index in [4.69, 9.17) is 10.5 Å². The fourth-order valence-electron chi connectivity index (χ4n) is 2.79. The van der Waals surface area contributed by atoms with E-state index in [0.29, 0.717) is 23.8 Å². The Balaban J connectivity index is 2.22. The molecule has 6 nitrogen and oxygen atoms in total. The summed E-state index contributed by atoms with van der Waals surface area (Å²) < 4.78 is 7.05. The number of hydrogen-bond donors (Lipinski definition) is 1. The highest BCUT2D eigenvalue weighted by Gasteiger charge is 2.31. The number of nitrogen functional groups attached to an aromatic ring is 1. The molecule has 0 aromatic carbocycles. The number of piperidine rings is 1. The predicted molar refractivity (Wildman–Crippen MR) is 77.5 cm³/mol. The smallest absolute Gasteiger partial charge is 0.274 e. The summed E-state index contributed by atoms with van der Waals surface area (Å²) in [6.07, 6.45) is 1.76. The number of ether oxygens (including phenoxy) is 1. The molecule has 1 fully saturated rings. The summed E-state index contributed by atoms with van der Waals surface area (Å²) in [4.78, 5) is 14.5. The Morgan fingerprint density at radius 1 is 1.55 bits per heavy atom. The van der Waals surface area contributed by atoms with E-state index in [9.17, 15) is 4.79 Å². The zero-order valence-electron chi connectivity index (χ0n) is 12.7. The number of carbonyl (C=O) groups excluding carboxylic acids is 1. The highest BCUT2D eigenvalue weighted by molar-refractivity contribution is 5.98. The molecule has 0 radical (unpaired) electrons. The first-order chi connectivity index (χ1) is 9.49. The molecule has 0 saturated carbocycles. The largest absolute Gasteiger partial charge is 0.395 e. The number of nitrogens with zero attached hydrogens (tertiary/aromatic N) is 3. The van der Waals surface area contributed by atoms with Gasteiger partial charge in [-0.25, -0.2) is 0 Å². The van der Waals surface area contributed by atoms with Crippen LogP contribution in [0.15, 0.2) is 0 Å². The molecule has 2 N–H and O–H groups in total. The Hall–Kier alpha value is -1.56. The van der Waals surface area contributed by atoms with Gasteiger partial charge >= 0.3 is 0 Å². The molecule has 0 aliphatic carbocycles. The molecule has 0 spiro atoms. The van der Waals surface area contributed by atoms with Gasteiger partial charge in [0.15, 0.2) is 0 Å². The topological polar surface area (TPSA) is 73.4 Å². The molecule has 1 amide bonds. The molecule has 1 aliphatic rings. The van der Waals surface area contributed by atoms with Crippen molar-refractivity contribution >= 4 is 11.6 Å². The minimum atomic E-state index is -0.0499. The van der Waals surface area contributed by atoms with Crippen LogP contribution in [0.4, 0.5) is 5.69 Å². The van der Waals surface area contributed by atoms with Crippen molar-refractivity contribution in [2.45, 2.75) is 32.8 Å². The van der Waals surface area contributed by atoms with Crippen LogP contribution in [-0.4, -0.2) is 46.9 Å². The van der Waals surface area contributed by atoms with Crippen LogP contribution < -0.4 is 5.73 Å². The van der Waals surface area contributed by atoms with E-state index in [-0.39, 0.29) is 12.0 Å². The van der Waals surface area contributed by atoms with Crippen molar-refractivity contribution in [2.24, 2.45) is 13.0 Å². The lowest BCUT2D eigenvalue weighted by atomic mass is 9.95. The minimum absolute atomic E-state index is 0.0499. The van der Waals surface area contributed by atoms with Crippen molar-refractivity contribution in [3.8, 4) is 0 Å². The molecule has 2 unspecified atom stereocenters. The molecule has 6 heteroatoms. The summed E-state index contributed by atoms with van der Waals surface area (Å²) >= 11 is 0. The normalized spacial score (nSPS) is 23.1. The minimum Gasteiger partial charge on any atom is -0.395 e. The molecular weight excluding hydrogens is 256 g/mol. The van der Waals surface area contributed by atoms with E-state index in [2.05, 4.69) is 12.0 Å². The van der Waals surface area contributed by atoms with Crippen molar-refractivity contribution in [3.63, 3.8) is 0 Å². The van der Waals surface area contributed by atoms with Crippen LogP contribution in [0.3, 0.4) is 0 Å². The fourth-order valence-corrected chi connectivity index (χ4v) is 2.79. The van der Waals surface area contributed by atoms with Gasteiger partial charge in [0.2, 0.25) is 0 Å². The van der Waals surface area contributed by atoms with Crippen molar-refractivity contribution < 1.29 is 9.53 Å². The summed E-state index contributed by atoms with van der Waals surface area (Å²) in [5.74, 6) is 0.422. The molecule has 1 aliphatic heterocycles. The van der Waals surface area contributed by atoms with Crippen molar-refractivity contribution in [3.05, 3.63) is 11.4 Å². The summed E-state index contributed by atoms with van der Waals surface area (Å²) in [7, 11) is 3.46. The lowest BCUT2D eigenvalue weighted by Gasteiger charge is -2.36. The molecule has 112 valence electrons. The summed E-state index contributed by atoms with van der Waals surface area (Å²) in [5.41, 5.74) is 7.84. The van der Waals surface area contributed by atoms with Crippen LogP contribution in [0.1, 0.15) is 36.5 Å². The fraction of sp³-hybridized carbons (Fsp3) is 0.714. The third-order valence-corrected chi connectivity index (χ3v) is 4.18. The zero-order chi connectivity index (χ0) is 14.9. The van der Waals surface area contributed by atoms with Gasteiger partial charge in [-0.05, 0) is 18.8 Å². The van der Waals surface area contributed by atoms with Crippen LogP contribution in [-0.2, 0) is 18.2 Å². The lowest BCUT2D eigenvalue weighted by molar-refractivity contribution is -0.00190. The van der Waals surface area contributed by atoms with E-state index in [1.54, 1.807) is 18.8 Å². The number of aromatic nitrogens is 2. The predicted octanol–water partition coefficient (Wildman–Crippen LogP) is 1.06. The monoisotopic (exact) mass is 280 g/mol. The Kier molecular flexibility index (Phi) is 4.32. The van der Waals surface area contributed by atoms with Gasteiger partial charge in [0, 0.05) is 27.2 Å². The average Bonchev–Trinajstić information content (AvgIpc) is 2.73. The number of methoxy groups -OCH3 is 1. The van der Waals surface area contributed by atoms with Crippen molar-refractivity contribution in [1.29, 1.82) is 0 Å². The maximum absolute atomic E-state index is 12.7. The first kappa shape index (κ1) is 14.8. The third kappa shape index (κ3) is 2.52. The van der Waals surface area contributed by atoms with Gasteiger partial charge in [-0.3, -0.25) is 9.48 Å². The highest BCUT2D eigenvalue weighted by atomic mass is 16.5. The lowest BCUT2D eigenvalue weighted by Crippen LogP contribution is -2.47. The second kappa shape index (κ2) is 5.83. The number of amides is 1. The maximum Gasteiger partial charge on any atom is 0.274 e. The first-order valence-electron chi connectivity index (χ1n) is 7.13. The standard InChI is InChI=1S/C14H24N4O2/c1-5-10-12(15)13(17(3)16-10)14(19)18-7-6-9(2)11(8-18)20-4/h9,11H,5-8,15H2,1-4H3. The average molecular weight is 280 g/mol. The zero-order valence-corrected chi connectivity index (χ0v) is 12.7. The van der Waals surface area contributed by atoms with Crippen LogP contribution >= 0.6 is 0 Å². The van der Waals surface area contributed by atoms with E-state index in [1.165, 1.54) is 0 Å². The number of aryl methyl sites for hydroxylation is 2. The second-order valence-corrected chi connectivity index (χ2v) is 5.48. The molecule has 20 heavy (non-hydrogen) atoms. The Labute approximate surface area is 119 Å². The number of carbonyl (C=O) groups is 1. The van der Waals surface area contributed by atoms with Gasteiger partial charge in [0.05, 0.1) is 17.5 Å². The number of hydrogen-bond acceptors (Lipinski definition) is 4. The third-order valence-electron chi connectivity index (χ3n) is 4.18. The van der Waals surface area contributed by atoms with Gasteiger partial charge in [0.1, 0.15) is 5.69 Å². The molecule has 2 atom stereocenters. The molecule has 0 bridgehead atoms. The SMILES string of the molecule is CCc1nn(C)c(C(=O)N2CCC(C)C(OC)C2)c1N. The van der Waals surface area contributed by atoms with E-state index in [0.717, 1.165) is 25.1 Å². The van der Waals surface area contributed by atoms with Gasteiger partial charge < -0.3 is 15.4 Å². The van der Waals surface area contributed by atoms with Gasteiger partial charge in [0.25, 0.3) is 5.91 Å². The number of likely N-dealkylation sites (tertiary alicyclic amines) is 1. The van der Waals surface area contributed by atoms with Crippen LogP contribution in [0.5, 0.6) is 0 Å². The number of nitrogens with two attached hydrogens (primary N) is 1. The molecule has 2 heterocycles. The van der Waals surface area contributed by atoms with E-state index < -0.39 is 0 Å². The Morgan fingerprint density at radius 3 is 2.80 bits per heavy atom. The molecule has 1 saturated heterocycles. The Morgan fingerprint density at radius 2 is 2.25 bits per heavy atom. The van der Waals surface area contributed by atoms with Crippen LogP contribution in [0, 0.1) is 5.92 Å². The van der Waals surface area contributed by atoms with E-state index in [1.807, 2.05) is 11.8 Å². The summed E-state index contributed by atoms with van der Waals surface area (Å²) in [6, 6.07) is 0. The summed E-state index contributed by atoms with van der Waals surface area (Å²) in [5, 5.41) is 4.31.